The first-order chi connectivity index (χ1) is 9.54. The molecule has 0 heterocycles. The molecule has 0 aliphatic carbocycles. The molecule has 0 saturated heterocycles. The van der Waals surface area contributed by atoms with Gasteiger partial charge < -0.3 is 10.6 Å². The van der Waals surface area contributed by atoms with Crippen LogP contribution in [-0.4, -0.2) is 13.1 Å². The van der Waals surface area contributed by atoms with E-state index in [1.54, 1.807) is 18.2 Å². The first-order valence-electron chi connectivity index (χ1n) is 5.93. The van der Waals surface area contributed by atoms with Gasteiger partial charge in [-0.05, 0) is 36.4 Å². The van der Waals surface area contributed by atoms with E-state index >= 15 is 0 Å². The maximum atomic E-state index is 5.94. The van der Waals surface area contributed by atoms with Crippen LogP contribution in [0.5, 0.6) is 0 Å². The second-order valence-electron chi connectivity index (χ2n) is 4.14. The molecule has 2 aromatic carbocycles. The van der Waals surface area contributed by atoms with Gasteiger partial charge in [0.05, 0.1) is 10.0 Å². The predicted molar refractivity (Wildman–Crippen MR) is 89.9 cm³/mol. The van der Waals surface area contributed by atoms with Crippen molar-refractivity contribution in [3.63, 3.8) is 0 Å². The highest BCUT2D eigenvalue weighted by molar-refractivity contribution is 6.42. The summed E-state index contributed by atoms with van der Waals surface area (Å²) in [6.07, 6.45) is 0. The van der Waals surface area contributed by atoms with E-state index < -0.39 is 0 Å². The van der Waals surface area contributed by atoms with Gasteiger partial charge in [-0.3, -0.25) is 0 Å². The van der Waals surface area contributed by atoms with Crippen molar-refractivity contribution in [2.24, 2.45) is 0 Å². The standard InChI is InChI=1S/C14H12Cl4N2/c15-9-5-10(16)7-12(6-9)20-4-3-19-11-1-2-13(17)14(18)8-11/h1-2,5-8,19-20H,3-4H2. The van der Waals surface area contributed by atoms with Crippen LogP contribution in [0.3, 0.4) is 0 Å². The molecule has 0 fully saturated rings. The molecule has 2 rings (SSSR count). The Bertz CT molecular complexity index is 581. The zero-order valence-corrected chi connectivity index (χ0v) is 13.4. The maximum absolute atomic E-state index is 5.94. The normalized spacial score (nSPS) is 10.4. The number of rotatable bonds is 5. The zero-order valence-electron chi connectivity index (χ0n) is 10.4. The molecule has 0 spiro atoms. The lowest BCUT2D eigenvalue weighted by Crippen LogP contribution is -2.13. The van der Waals surface area contributed by atoms with Crippen LogP contribution in [0.15, 0.2) is 36.4 Å². The Kier molecular flexibility index (Phi) is 5.67. The largest absolute Gasteiger partial charge is 0.383 e. The molecule has 0 saturated carbocycles. The average molecular weight is 350 g/mol. The van der Waals surface area contributed by atoms with Crippen molar-refractivity contribution in [1.82, 2.24) is 0 Å². The highest BCUT2D eigenvalue weighted by atomic mass is 35.5. The third-order valence-corrected chi connectivity index (χ3v) is 3.74. The Balaban J connectivity index is 1.82. The smallest absolute Gasteiger partial charge is 0.0612 e. The number of hydrogen-bond donors (Lipinski definition) is 2. The van der Waals surface area contributed by atoms with Crippen LogP contribution in [0.1, 0.15) is 0 Å². The summed E-state index contributed by atoms with van der Waals surface area (Å²) in [4.78, 5) is 0. The van der Waals surface area contributed by atoms with Crippen molar-refractivity contribution in [2.45, 2.75) is 0 Å². The molecule has 2 nitrogen and oxygen atoms in total. The van der Waals surface area contributed by atoms with Gasteiger partial charge in [0, 0.05) is 34.5 Å². The van der Waals surface area contributed by atoms with Crippen LogP contribution in [0.2, 0.25) is 20.1 Å². The molecule has 0 aromatic heterocycles. The molecule has 2 aromatic rings. The van der Waals surface area contributed by atoms with E-state index in [2.05, 4.69) is 10.6 Å². The van der Waals surface area contributed by atoms with E-state index in [1.165, 1.54) is 0 Å². The fourth-order valence-corrected chi connectivity index (χ4v) is 2.50. The number of halogens is 4. The van der Waals surface area contributed by atoms with E-state index in [9.17, 15) is 0 Å². The van der Waals surface area contributed by atoms with E-state index in [0.717, 1.165) is 24.5 Å². The molecule has 0 aliphatic heterocycles. The van der Waals surface area contributed by atoms with Gasteiger partial charge in [0.25, 0.3) is 0 Å². The maximum Gasteiger partial charge on any atom is 0.0612 e. The summed E-state index contributed by atoms with van der Waals surface area (Å²) < 4.78 is 0. The molecule has 20 heavy (non-hydrogen) atoms. The minimum absolute atomic E-state index is 0.534. The molecule has 6 heteroatoms. The van der Waals surface area contributed by atoms with Gasteiger partial charge in [0.15, 0.2) is 0 Å². The summed E-state index contributed by atoms with van der Waals surface area (Å²) >= 11 is 23.6. The first-order valence-corrected chi connectivity index (χ1v) is 7.44. The van der Waals surface area contributed by atoms with Crippen molar-refractivity contribution in [3.8, 4) is 0 Å². The zero-order chi connectivity index (χ0) is 14.5. The lowest BCUT2D eigenvalue weighted by molar-refractivity contribution is 1.08. The molecule has 0 atom stereocenters. The molecular formula is C14H12Cl4N2. The van der Waals surface area contributed by atoms with Crippen molar-refractivity contribution < 1.29 is 0 Å². The van der Waals surface area contributed by atoms with Gasteiger partial charge in [-0.25, -0.2) is 0 Å². The number of anilines is 2. The topological polar surface area (TPSA) is 24.1 Å². The molecule has 0 unspecified atom stereocenters. The van der Waals surface area contributed by atoms with E-state index in [4.69, 9.17) is 46.4 Å². The first kappa shape index (κ1) is 15.6. The summed E-state index contributed by atoms with van der Waals surface area (Å²) in [6, 6.07) is 10.8. The van der Waals surface area contributed by atoms with Crippen molar-refractivity contribution in [3.05, 3.63) is 56.5 Å². The third kappa shape index (κ3) is 4.64. The Morgan fingerprint density at radius 3 is 1.85 bits per heavy atom. The lowest BCUT2D eigenvalue weighted by Gasteiger charge is -2.10. The minimum atomic E-state index is 0.534. The SMILES string of the molecule is Clc1cc(Cl)cc(NCCNc2ccc(Cl)c(Cl)c2)c1. The number of nitrogens with one attached hydrogen (secondary N) is 2. The molecular weight excluding hydrogens is 338 g/mol. The fraction of sp³-hybridized carbons (Fsp3) is 0.143. The number of hydrogen-bond acceptors (Lipinski definition) is 2. The van der Waals surface area contributed by atoms with Crippen LogP contribution in [0, 0.1) is 0 Å². The molecule has 2 N–H and O–H groups in total. The van der Waals surface area contributed by atoms with E-state index in [0.29, 0.717) is 20.1 Å². The lowest BCUT2D eigenvalue weighted by atomic mass is 10.3. The van der Waals surface area contributed by atoms with Crippen LogP contribution >= 0.6 is 46.4 Å². The van der Waals surface area contributed by atoms with E-state index in [1.807, 2.05) is 18.2 Å². The summed E-state index contributed by atoms with van der Waals surface area (Å²) in [5.41, 5.74) is 1.81. The van der Waals surface area contributed by atoms with Crippen LogP contribution in [0.25, 0.3) is 0 Å². The quantitative estimate of drug-likeness (QED) is 0.664. The van der Waals surface area contributed by atoms with E-state index in [-0.39, 0.29) is 0 Å². The molecule has 106 valence electrons. The van der Waals surface area contributed by atoms with Gasteiger partial charge in [0.1, 0.15) is 0 Å². The third-order valence-electron chi connectivity index (χ3n) is 2.57. The van der Waals surface area contributed by atoms with Gasteiger partial charge >= 0.3 is 0 Å². The Morgan fingerprint density at radius 2 is 1.25 bits per heavy atom. The summed E-state index contributed by atoms with van der Waals surface area (Å²) in [6.45, 7) is 1.44. The van der Waals surface area contributed by atoms with Crippen LogP contribution < -0.4 is 10.6 Å². The van der Waals surface area contributed by atoms with Crippen LogP contribution in [-0.2, 0) is 0 Å². The number of benzene rings is 2. The second kappa shape index (κ2) is 7.28. The monoisotopic (exact) mass is 348 g/mol. The predicted octanol–water partition coefficient (Wildman–Crippen LogP) is 5.82. The second-order valence-corrected chi connectivity index (χ2v) is 5.83. The van der Waals surface area contributed by atoms with Gasteiger partial charge in [0.2, 0.25) is 0 Å². The molecule has 0 bridgehead atoms. The Labute approximate surface area is 138 Å². The summed E-state index contributed by atoms with van der Waals surface area (Å²) in [7, 11) is 0. The summed E-state index contributed by atoms with van der Waals surface area (Å²) in [5, 5.41) is 8.77. The van der Waals surface area contributed by atoms with Gasteiger partial charge in [-0.1, -0.05) is 46.4 Å². The average Bonchev–Trinajstić information content (AvgIpc) is 2.38. The Hall–Kier alpha value is -0.800. The fourth-order valence-electron chi connectivity index (χ4n) is 1.68. The van der Waals surface area contributed by atoms with Crippen molar-refractivity contribution >= 4 is 57.8 Å². The minimum Gasteiger partial charge on any atom is -0.383 e. The van der Waals surface area contributed by atoms with Crippen molar-refractivity contribution in [1.29, 1.82) is 0 Å². The Morgan fingerprint density at radius 1 is 0.650 bits per heavy atom. The molecule has 0 amide bonds. The van der Waals surface area contributed by atoms with Gasteiger partial charge in [-0.15, -0.1) is 0 Å². The summed E-state index contributed by atoms with van der Waals surface area (Å²) in [5.74, 6) is 0. The highest BCUT2D eigenvalue weighted by Crippen LogP contribution is 2.25. The van der Waals surface area contributed by atoms with Crippen LogP contribution in [0.4, 0.5) is 11.4 Å². The molecule has 0 aliphatic rings. The van der Waals surface area contributed by atoms with Crippen molar-refractivity contribution in [2.75, 3.05) is 23.7 Å². The highest BCUT2D eigenvalue weighted by Gasteiger charge is 2.00. The molecule has 0 radical (unpaired) electrons. The van der Waals surface area contributed by atoms with Gasteiger partial charge in [-0.2, -0.15) is 0 Å².